The third-order valence-electron chi connectivity index (χ3n) is 1.81. The summed E-state index contributed by atoms with van der Waals surface area (Å²) in [5.74, 6) is -2.39. The molecule has 8 nitrogen and oxygen atoms in total. The second kappa shape index (κ2) is 7.20. The number of carboxylic acid groups (broad SMARTS) is 2. The third kappa shape index (κ3) is 7.66. The first-order valence-electron chi connectivity index (χ1n) is 5.00. The molecule has 0 radical (unpaired) electrons. The molecule has 0 aromatic heterocycles. The molecule has 0 unspecified atom stereocenters. The van der Waals surface area contributed by atoms with E-state index in [1.165, 1.54) is 0 Å². The Bertz CT molecular complexity index is 366. The minimum Gasteiger partial charge on any atom is -0.481 e. The largest absolute Gasteiger partial charge is 0.481 e. The van der Waals surface area contributed by atoms with Crippen molar-refractivity contribution in [3.8, 4) is 0 Å². The average Bonchev–Trinajstić information content (AvgIpc) is 2.14. The van der Waals surface area contributed by atoms with E-state index >= 15 is 0 Å². The van der Waals surface area contributed by atoms with E-state index in [1.807, 2.05) is 4.72 Å². The van der Waals surface area contributed by atoms with Gasteiger partial charge >= 0.3 is 11.9 Å². The van der Waals surface area contributed by atoms with Crippen LogP contribution < -0.4 is 9.44 Å². The van der Waals surface area contributed by atoms with Gasteiger partial charge in [0.1, 0.15) is 6.04 Å². The van der Waals surface area contributed by atoms with Crippen molar-refractivity contribution >= 4 is 22.1 Å². The zero-order valence-corrected chi connectivity index (χ0v) is 10.2. The lowest BCUT2D eigenvalue weighted by Gasteiger charge is -2.14. The molecule has 1 atom stereocenters. The Kier molecular flexibility index (Phi) is 6.69. The molecule has 0 rings (SSSR count). The lowest BCUT2D eigenvalue weighted by Crippen LogP contribution is -2.46. The van der Waals surface area contributed by atoms with Crippen LogP contribution in [-0.2, 0) is 19.8 Å². The molecule has 0 aromatic carbocycles. The Hall–Kier alpha value is -1.19. The van der Waals surface area contributed by atoms with Crippen molar-refractivity contribution in [2.24, 2.45) is 0 Å². The fourth-order valence-corrected chi connectivity index (χ4v) is 2.17. The average molecular weight is 268 g/mol. The van der Waals surface area contributed by atoms with Crippen LogP contribution in [0, 0.1) is 0 Å². The van der Waals surface area contributed by atoms with Crippen LogP contribution in [0.15, 0.2) is 0 Å². The lowest BCUT2D eigenvalue weighted by atomic mass is 10.1. The van der Waals surface area contributed by atoms with Gasteiger partial charge in [-0.05, 0) is 12.8 Å². The van der Waals surface area contributed by atoms with Crippen molar-refractivity contribution in [3.05, 3.63) is 0 Å². The van der Waals surface area contributed by atoms with Gasteiger partial charge < -0.3 is 10.2 Å². The van der Waals surface area contributed by atoms with E-state index in [2.05, 4.69) is 4.72 Å². The Balaban J connectivity index is 4.35. The SMILES string of the molecule is CCNS(=O)(=O)N[C@H](CCCC(=O)O)C(=O)O. The highest BCUT2D eigenvalue weighted by Crippen LogP contribution is 2.02. The number of hydrogen-bond acceptors (Lipinski definition) is 4. The predicted molar refractivity (Wildman–Crippen MR) is 58.6 cm³/mol. The van der Waals surface area contributed by atoms with Crippen molar-refractivity contribution in [2.75, 3.05) is 6.54 Å². The van der Waals surface area contributed by atoms with Crippen molar-refractivity contribution < 1.29 is 28.2 Å². The maximum Gasteiger partial charge on any atom is 0.321 e. The summed E-state index contributed by atoms with van der Waals surface area (Å²) in [7, 11) is -3.85. The molecule has 0 aliphatic heterocycles. The van der Waals surface area contributed by atoms with Gasteiger partial charge in [-0.2, -0.15) is 13.1 Å². The molecule has 0 saturated carbocycles. The van der Waals surface area contributed by atoms with E-state index < -0.39 is 28.2 Å². The fourth-order valence-electron chi connectivity index (χ4n) is 1.11. The molecule has 4 N–H and O–H groups in total. The molecule has 0 fully saturated rings. The maximum absolute atomic E-state index is 11.2. The van der Waals surface area contributed by atoms with Crippen LogP contribution in [0.3, 0.4) is 0 Å². The number of nitrogens with one attached hydrogen (secondary N) is 2. The Labute approximate surface area is 99.2 Å². The molecule has 100 valence electrons. The summed E-state index contributed by atoms with van der Waals surface area (Å²) in [6.07, 6.45) is -0.195. The summed E-state index contributed by atoms with van der Waals surface area (Å²) < 4.78 is 26.5. The molecular formula is C8H16N2O6S. The van der Waals surface area contributed by atoms with Gasteiger partial charge in [-0.1, -0.05) is 6.92 Å². The molecule has 0 aliphatic rings. The van der Waals surface area contributed by atoms with Crippen LogP contribution in [0.25, 0.3) is 0 Å². The maximum atomic E-state index is 11.2. The molecule has 9 heteroatoms. The fraction of sp³-hybridized carbons (Fsp3) is 0.750. The zero-order chi connectivity index (χ0) is 13.5. The van der Waals surface area contributed by atoms with Gasteiger partial charge in [-0.15, -0.1) is 0 Å². The monoisotopic (exact) mass is 268 g/mol. The highest BCUT2D eigenvalue weighted by atomic mass is 32.2. The second-order valence-electron chi connectivity index (χ2n) is 3.30. The topological polar surface area (TPSA) is 133 Å². The van der Waals surface area contributed by atoms with E-state index in [1.54, 1.807) is 6.92 Å². The van der Waals surface area contributed by atoms with E-state index in [0.717, 1.165) is 0 Å². The van der Waals surface area contributed by atoms with Crippen molar-refractivity contribution in [1.29, 1.82) is 0 Å². The summed E-state index contributed by atoms with van der Waals surface area (Å²) in [5.41, 5.74) is 0. The lowest BCUT2D eigenvalue weighted by molar-refractivity contribution is -0.140. The van der Waals surface area contributed by atoms with Gasteiger partial charge in [0.05, 0.1) is 0 Å². The highest BCUT2D eigenvalue weighted by molar-refractivity contribution is 7.87. The quantitative estimate of drug-likeness (QED) is 0.430. The van der Waals surface area contributed by atoms with Crippen molar-refractivity contribution in [2.45, 2.75) is 32.2 Å². The normalized spacial score (nSPS) is 13.2. The molecule has 17 heavy (non-hydrogen) atoms. The van der Waals surface area contributed by atoms with Crippen molar-refractivity contribution in [1.82, 2.24) is 9.44 Å². The summed E-state index contributed by atoms with van der Waals surface area (Å²) in [6.45, 7) is 1.69. The Morgan fingerprint density at radius 2 is 1.88 bits per heavy atom. The first kappa shape index (κ1) is 15.8. The van der Waals surface area contributed by atoms with Gasteiger partial charge in [-0.25, -0.2) is 4.72 Å². The number of aliphatic carboxylic acids is 2. The number of rotatable bonds is 9. The van der Waals surface area contributed by atoms with Crippen LogP contribution in [0.1, 0.15) is 26.2 Å². The molecule has 0 heterocycles. The molecule has 0 aliphatic carbocycles. The Morgan fingerprint density at radius 1 is 1.29 bits per heavy atom. The van der Waals surface area contributed by atoms with Crippen LogP contribution in [0.4, 0.5) is 0 Å². The molecule has 0 amide bonds. The van der Waals surface area contributed by atoms with E-state index in [9.17, 15) is 18.0 Å². The molecule has 0 aromatic rings. The van der Waals surface area contributed by atoms with Crippen LogP contribution >= 0.6 is 0 Å². The molecule has 0 bridgehead atoms. The number of carbonyl (C=O) groups is 2. The van der Waals surface area contributed by atoms with Gasteiger partial charge in [0.15, 0.2) is 0 Å². The van der Waals surface area contributed by atoms with Crippen LogP contribution in [-0.4, -0.2) is 43.2 Å². The molecule has 0 spiro atoms. The number of hydrogen-bond donors (Lipinski definition) is 4. The minimum atomic E-state index is -3.85. The van der Waals surface area contributed by atoms with E-state index in [0.29, 0.717) is 0 Å². The Morgan fingerprint density at radius 3 is 2.29 bits per heavy atom. The summed E-state index contributed by atoms with van der Waals surface area (Å²) in [6, 6.07) is -1.32. The minimum absolute atomic E-state index is 0.0771. The first-order valence-corrected chi connectivity index (χ1v) is 6.48. The first-order chi connectivity index (χ1) is 7.78. The van der Waals surface area contributed by atoms with Crippen molar-refractivity contribution in [3.63, 3.8) is 0 Å². The van der Waals surface area contributed by atoms with Crippen LogP contribution in [0.5, 0.6) is 0 Å². The summed E-state index contributed by atoms with van der Waals surface area (Å²) in [4.78, 5) is 21.0. The zero-order valence-electron chi connectivity index (χ0n) is 9.34. The van der Waals surface area contributed by atoms with E-state index in [-0.39, 0.29) is 25.8 Å². The van der Waals surface area contributed by atoms with Gasteiger partial charge in [-0.3, -0.25) is 9.59 Å². The summed E-state index contributed by atoms with van der Waals surface area (Å²) in [5, 5.41) is 17.2. The molecular weight excluding hydrogens is 252 g/mol. The van der Waals surface area contributed by atoms with Gasteiger partial charge in [0.25, 0.3) is 10.2 Å². The van der Waals surface area contributed by atoms with Gasteiger partial charge in [0.2, 0.25) is 0 Å². The molecule has 0 saturated heterocycles. The standard InChI is InChI=1S/C8H16N2O6S/c1-2-9-17(15,16)10-6(8(13)14)4-3-5-7(11)12/h6,9-10H,2-5H2,1H3,(H,11,12)(H,13,14)/t6-/m1/s1. The van der Waals surface area contributed by atoms with Crippen LogP contribution in [0.2, 0.25) is 0 Å². The smallest absolute Gasteiger partial charge is 0.321 e. The summed E-state index contributed by atoms with van der Waals surface area (Å²) >= 11 is 0. The predicted octanol–water partition coefficient (Wildman–Crippen LogP) is -0.862. The number of carboxylic acids is 2. The van der Waals surface area contributed by atoms with E-state index in [4.69, 9.17) is 10.2 Å². The van der Waals surface area contributed by atoms with Gasteiger partial charge in [0, 0.05) is 13.0 Å². The second-order valence-corrected chi connectivity index (χ2v) is 4.83. The third-order valence-corrected chi connectivity index (χ3v) is 3.08. The highest BCUT2D eigenvalue weighted by Gasteiger charge is 2.23.